The molecule has 0 aliphatic rings. The number of amides is 1. The minimum absolute atomic E-state index is 0.111. The van der Waals surface area contributed by atoms with Crippen LogP contribution in [0.3, 0.4) is 0 Å². The summed E-state index contributed by atoms with van der Waals surface area (Å²) in [6, 6.07) is 24.4. The standard InChI is InChI=1S/C27H25N3O3/c31-21-8-5-6-18(12-21)15-30-27(32)25(14-20-16-28-24-10-3-2-9-23(20)24)29-17-22-13-19-7-1-4-11-26(19)33-22/h1-13,16,25,28-29,31H,14-15,17H2,(H,30,32). The molecule has 1 atom stereocenters. The summed E-state index contributed by atoms with van der Waals surface area (Å²) in [5.74, 6) is 0.848. The first-order chi connectivity index (χ1) is 16.2. The van der Waals surface area contributed by atoms with E-state index < -0.39 is 6.04 Å². The van der Waals surface area contributed by atoms with E-state index >= 15 is 0 Å². The van der Waals surface area contributed by atoms with Gasteiger partial charge >= 0.3 is 0 Å². The minimum Gasteiger partial charge on any atom is -0.508 e. The topological polar surface area (TPSA) is 90.3 Å². The number of hydrogen-bond donors (Lipinski definition) is 4. The molecular weight excluding hydrogens is 414 g/mol. The number of aromatic amines is 1. The summed E-state index contributed by atoms with van der Waals surface area (Å²) in [5, 5.41) is 18.2. The van der Waals surface area contributed by atoms with Gasteiger partial charge < -0.3 is 19.8 Å². The van der Waals surface area contributed by atoms with Crippen molar-refractivity contribution in [2.24, 2.45) is 0 Å². The van der Waals surface area contributed by atoms with E-state index in [1.165, 1.54) is 0 Å². The predicted molar refractivity (Wildman–Crippen MR) is 129 cm³/mol. The van der Waals surface area contributed by atoms with Crippen molar-refractivity contribution in [3.63, 3.8) is 0 Å². The number of benzene rings is 3. The van der Waals surface area contributed by atoms with Gasteiger partial charge in [0.15, 0.2) is 0 Å². The van der Waals surface area contributed by atoms with Crippen molar-refractivity contribution in [2.45, 2.75) is 25.6 Å². The van der Waals surface area contributed by atoms with Crippen molar-refractivity contribution in [3.05, 3.63) is 102 Å². The second-order valence-electron chi connectivity index (χ2n) is 8.14. The van der Waals surface area contributed by atoms with Crippen molar-refractivity contribution < 1.29 is 14.3 Å². The smallest absolute Gasteiger partial charge is 0.237 e. The number of nitrogens with one attached hydrogen (secondary N) is 3. The molecule has 0 saturated carbocycles. The van der Waals surface area contributed by atoms with Gasteiger partial charge in [-0.1, -0.05) is 48.5 Å². The zero-order valence-corrected chi connectivity index (χ0v) is 18.0. The number of carbonyl (C=O) groups is 1. The van der Waals surface area contributed by atoms with Crippen molar-refractivity contribution in [2.75, 3.05) is 0 Å². The summed E-state index contributed by atoms with van der Waals surface area (Å²) in [6.07, 6.45) is 2.49. The number of para-hydroxylation sites is 2. The van der Waals surface area contributed by atoms with Crippen LogP contribution in [0.4, 0.5) is 0 Å². The van der Waals surface area contributed by atoms with Crippen LogP contribution in [0.1, 0.15) is 16.9 Å². The van der Waals surface area contributed by atoms with Crippen molar-refractivity contribution in [3.8, 4) is 5.75 Å². The van der Waals surface area contributed by atoms with Gasteiger partial charge in [-0.15, -0.1) is 0 Å². The fourth-order valence-electron chi connectivity index (χ4n) is 4.10. The van der Waals surface area contributed by atoms with E-state index in [0.29, 0.717) is 19.5 Å². The third-order valence-corrected chi connectivity index (χ3v) is 5.79. The minimum atomic E-state index is -0.463. The molecule has 1 unspecified atom stereocenters. The maximum absolute atomic E-state index is 13.2. The molecule has 5 rings (SSSR count). The Morgan fingerprint density at radius 2 is 1.82 bits per heavy atom. The zero-order chi connectivity index (χ0) is 22.6. The number of furan rings is 1. The number of aromatic nitrogens is 1. The Morgan fingerprint density at radius 3 is 2.70 bits per heavy atom. The average Bonchev–Trinajstić information content (AvgIpc) is 3.44. The maximum Gasteiger partial charge on any atom is 0.237 e. The quantitative estimate of drug-likeness (QED) is 0.284. The third-order valence-electron chi connectivity index (χ3n) is 5.79. The van der Waals surface area contributed by atoms with Crippen LogP contribution in [-0.2, 0) is 24.3 Å². The number of H-pyrrole nitrogens is 1. The molecule has 4 N–H and O–H groups in total. The highest BCUT2D eigenvalue weighted by Gasteiger charge is 2.21. The maximum atomic E-state index is 13.2. The molecule has 0 aliphatic heterocycles. The molecule has 1 amide bonds. The summed E-state index contributed by atoms with van der Waals surface area (Å²) >= 11 is 0. The number of aromatic hydroxyl groups is 1. The second kappa shape index (κ2) is 9.22. The van der Waals surface area contributed by atoms with E-state index in [0.717, 1.165) is 38.8 Å². The molecule has 6 heteroatoms. The highest BCUT2D eigenvalue weighted by molar-refractivity contribution is 5.86. The third kappa shape index (κ3) is 4.76. The SMILES string of the molecule is O=C(NCc1cccc(O)c1)C(Cc1c[nH]c2ccccc12)NCc1cc2ccccc2o1. The Hall–Kier alpha value is -4.03. The van der Waals surface area contributed by atoms with Gasteiger partial charge in [0.05, 0.1) is 12.6 Å². The van der Waals surface area contributed by atoms with Crippen molar-refractivity contribution in [1.29, 1.82) is 0 Å². The Bertz CT molecular complexity index is 1370. The molecule has 0 bridgehead atoms. The molecule has 33 heavy (non-hydrogen) atoms. The number of carbonyl (C=O) groups excluding carboxylic acids is 1. The summed E-state index contributed by atoms with van der Waals surface area (Å²) < 4.78 is 5.92. The first kappa shape index (κ1) is 20.8. The Balaban J connectivity index is 1.33. The number of rotatable bonds is 8. The molecule has 0 spiro atoms. The normalized spacial score (nSPS) is 12.2. The summed E-state index contributed by atoms with van der Waals surface area (Å²) in [5.41, 5.74) is 3.78. The lowest BCUT2D eigenvalue weighted by Crippen LogP contribution is -2.45. The van der Waals surface area contributed by atoms with Gasteiger partial charge in [0, 0.05) is 29.0 Å². The lowest BCUT2D eigenvalue weighted by molar-refractivity contribution is -0.123. The van der Waals surface area contributed by atoms with Crippen LogP contribution in [0.25, 0.3) is 21.9 Å². The molecule has 5 aromatic rings. The first-order valence-corrected chi connectivity index (χ1v) is 11.0. The molecule has 2 aromatic heterocycles. The molecular formula is C27H25N3O3. The highest BCUT2D eigenvalue weighted by atomic mass is 16.3. The highest BCUT2D eigenvalue weighted by Crippen LogP contribution is 2.21. The number of phenols is 1. The Morgan fingerprint density at radius 1 is 0.970 bits per heavy atom. The van der Waals surface area contributed by atoms with E-state index in [9.17, 15) is 9.90 Å². The lowest BCUT2D eigenvalue weighted by atomic mass is 10.0. The number of hydrogen-bond acceptors (Lipinski definition) is 4. The summed E-state index contributed by atoms with van der Waals surface area (Å²) in [7, 11) is 0. The van der Waals surface area contributed by atoms with Gasteiger partial charge in [-0.3, -0.25) is 10.1 Å². The van der Waals surface area contributed by atoms with Crippen LogP contribution in [0.5, 0.6) is 5.75 Å². The first-order valence-electron chi connectivity index (χ1n) is 11.0. The molecule has 0 saturated heterocycles. The predicted octanol–water partition coefficient (Wildman–Crippen LogP) is 4.64. The molecule has 3 aromatic carbocycles. The molecule has 0 aliphatic carbocycles. The van der Waals surface area contributed by atoms with Crippen molar-refractivity contribution in [1.82, 2.24) is 15.6 Å². The van der Waals surface area contributed by atoms with Gasteiger partial charge in [-0.05, 0) is 47.9 Å². The largest absolute Gasteiger partial charge is 0.508 e. The van der Waals surface area contributed by atoms with Gasteiger partial charge in [0.1, 0.15) is 17.1 Å². The average molecular weight is 440 g/mol. The summed E-state index contributed by atoms with van der Waals surface area (Å²) in [4.78, 5) is 16.5. The number of phenolic OH excluding ortho intramolecular Hbond substituents is 1. The van der Waals surface area contributed by atoms with Gasteiger partial charge in [0.25, 0.3) is 0 Å². The molecule has 166 valence electrons. The molecule has 0 fully saturated rings. The van der Waals surface area contributed by atoms with Crippen LogP contribution in [0, 0.1) is 0 Å². The fraction of sp³-hybridized carbons (Fsp3) is 0.148. The van der Waals surface area contributed by atoms with E-state index in [2.05, 4.69) is 21.7 Å². The van der Waals surface area contributed by atoms with Gasteiger partial charge in [0.2, 0.25) is 5.91 Å². The van der Waals surface area contributed by atoms with E-state index in [-0.39, 0.29) is 11.7 Å². The molecule has 6 nitrogen and oxygen atoms in total. The second-order valence-corrected chi connectivity index (χ2v) is 8.14. The monoisotopic (exact) mass is 439 g/mol. The Labute approximate surface area is 191 Å². The zero-order valence-electron chi connectivity index (χ0n) is 18.0. The van der Waals surface area contributed by atoms with Crippen LogP contribution >= 0.6 is 0 Å². The van der Waals surface area contributed by atoms with Crippen LogP contribution in [0.15, 0.2) is 89.5 Å². The van der Waals surface area contributed by atoms with Crippen LogP contribution in [-0.4, -0.2) is 22.0 Å². The Kier molecular flexibility index (Phi) is 5.83. The fourth-order valence-corrected chi connectivity index (χ4v) is 4.10. The lowest BCUT2D eigenvalue weighted by Gasteiger charge is -2.18. The van der Waals surface area contributed by atoms with Crippen molar-refractivity contribution >= 4 is 27.8 Å². The van der Waals surface area contributed by atoms with Crippen LogP contribution in [0.2, 0.25) is 0 Å². The summed E-state index contributed by atoms with van der Waals surface area (Å²) in [6.45, 7) is 0.769. The number of fused-ring (bicyclic) bond motifs is 2. The van der Waals surface area contributed by atoms with E-state index in [1.54, 1.807) is 18.2 Å². The molecule has 2 heterocycles. The van der Waals surface area contributed by atoms with E-state index in [1.807, 2.05) is 60.8 Å². The van der Waals surface area contributed by atoms with Gasteiger partial charge in [-0.2, -0.15) is 0 Å². The molecule has 0 radical (unpaired) electrons. The van der Waals surface area contributed by atoms with Crippen LogP contribution < -0.4 is 10.6 Å². The van der Waals surface area contributed by atoms with E-state index in [4.69, 9.17) is 4.42 Å². The van der Waals surface area contributed by atoms with Gasteiger partial charge in [-0.25, -0.2) is 0 Å².